The lowest BCUT2D eigenvalue weighted by molar-refractivity contribution is -0.140. The van der Waals surface area contributed by atoms with E-state index in [9.17, 15) is 19.4 Å². The summed E-state index contributed by atoms with van der Waals surface area (Å²) in [6.45, 7) is 1.98. The average Bonchev–Trinajstić information content (AvgIpc) is 2.92. The summed E-state index contributed by atoms with van der Waals surface area (Å²) in [6.07, 6.45) is 9.27. The van der Waals surface area contributed by atoms with E-state index in [0.29, 0.717) is 25.7 Å². The van der Waals surface area contributed by atoms with E-state index in [2.05, 4.69) is 4.74 Å². The number of esters is 1. The Morgan fingerprint density at radius 1 is 1.37 bits per heavy atom. The van der Waals surface area contributed by atoms with E-state index < -0.39 is 18.4 Å². The summed E-state index contributed by atoms with van der Waals surface area (Å²) in [5.41, 5.74) is 0. The Hall–Kier alpha value is -0.910. The van der Waals surface area contributed by atoms with E-state index in [1.54, 1.807) is 6.08 Å². The van der Waals surface area contributed by atoms with Crippen molar-refractivity contribution in [2.75, 3.05) is 7.11 Å². The number of aliphatic hydroxyl groups is 2. The van der Waals surface area contributed by atoms with Gasteiger partial charge in [0, 0.05) is 17.7 Å². The van der Waals surface area contributed by atoms with E-state index in [1.165, 1.54) is 13.2 Å². The number of hydrogen-bond acceptors (Lipinski definition) is 4. The molecule has 1 aliphatic rings. The molecule has 156 valence electrons. The van der Waals surface area contributed by atoms with Crippen LogP contribution in [0, 0.1) is 11.8 Å². The minimum absolute atomic E-state index is 0.0377. The van der Waals surface area contributed by atoms with E-state index in [1.807, 2.05) is 19.1 Å². The third-order valence-corrected chi connectivity index (χ3v) is 5.66. The van der Waals surface area contributed by atoms with Gasteiger partial charge in [0.25, 0.3) is 0 Å². The molecule has 6 atom stereocenters. The number of halogens is 2. The molecule has 0 radical (unpaired) electrons. The molecule has 0 aromatic heterocycles. The van der Waals surface area contributed by atoms with Crippen LogP contribution in [0.3, 0.4) is 0 Å². The second-order valence-corrected chi connectivity index (χ2v) is 7.83. The van der Waals surface area contributed by atoms with Gasteiger partial charge in [-0.1, -0.05) is 44.1 Å². The predicted octanol–water partition coefficient (Wildman–Crippen LogP) is 4.33. The average molecular weight is 405 g/mol. The zero-order valence-corrected chi connectivity index (χ0v) is 17.2. The molecule has 27 heavy (non-hydrogen) atoms. The van der Waals surface area contributed by atoms with Crippen molar-refractivity contribution in [1.82, 2.24) is 0 Å². The van der Waals surface area contributed by atoms with Crippen molar-refractivity contribution in [2.24, 2.45) is 11.8 Å². The van der Waals surface area contributed by atoms with E-state index >= 15 is 0 Å². The molecule has 1 unspecified atom stereocenters. The van der Waals surface area contributed by atoms with Gasteiger partial charge in [0.2, 0.25) is 0 Å². The molecule has 2 N–H and O–H groups in total. The number of carbonyl (C=O) groups is 1. The molecule has 0 amide bonds. The van der Waals surface area contributed by atoms with Gasteiger partial charge >= 0.3 is 5.97 Å². The number of allylic oxidation sites excluding steroid dienone is 2. The van der Waals surface area contributed by atoms with Gasteiger partial charge in [-0.05, 0) is 38.0 Å². The third-order valence-electron chi connectivity index (χ3n) is 5.16. The van der Waals surface area contributed by atoms with Crippen LogP contribution < -0.4 is 0 Å². The molecule has 0 bridgehead atoms. The number of ether oxygens (including phenoxy) is 1. The molecular formula is C21H34ClFO4. The van der Waals surface area contributed by atoms with E-state index in [-0.39, 0.29) is 23.2 Å². The topological polar surface area (TPSA) is 66.8 Å². The van der Waals surface area contributed by atoms with Gasteiger partial charge in [-0.2, -0.15) is 0 Å². The first kappa shape index (κ1) is 24.1. The lowest BCUT2D eigenvalue weighted by Gasteiger charge is -2.20. The number of rotatable bonds is 12. The summed E-state index contributed by atoms with van der Waals surface area (Å²) in [5.74, 6) is -0.368. The first-order chi connectivity index (χ1) is 12.9. The van der Waals surface area contributed by atoms with Gasteiger partial charge in [-0.3, -0.25) is 4.79 Å². The van der Waals surface area contributed by atoms with Crippen LogP contribution in [0.15, 0.2) is 24.3 Å². The highest BCUT2D eigenvalue weighted by Crippen LogP contribution is 2.39. The van der Waals surface area contributed by atoms with Gasteiger partial charge in [0.05, 0.1) is 13.2 Å². The molecule has 0 saturated heterocycles. The Bertz CT molecular complexity index is 483. The molecule has 1 aliphatic carbocycles. The van der Waals surface area contributed by atoms with Crippen LogP contribution >= 0.6 is 11.6 Å². The summed E-state index contributed by atoms with van der Waals surface area (Å²) < 4.78 is 18.5. The number of methoxy groups -OCH3 is 1. The molecule has 0 spiro atoms. The SMILES string of the molecule is CCCCC(F)[C@H](O)/C=C/[C@@H]1[C@@H](C/C=C\CCCC(=O)OC)[C@H](Cl)C[C@H]1O. The molecule has 1 saturated carbocycles. The smallest absolute Gasteiger partial charge is 0.305 e. The van der Waals surface area contributed by atoms with Gasteiger partial charge in [-0.15, -0.1) is 11.6 Å². The maximum absolute atomic E-state index is 13.9. The lowest BCUT2D eigenvalue weighted by atomic mass is 9.90. The molecule has 0 aromatic rings. The number of carbonyl (C=O) groups excluding carboxylic acids is 1. The Balaban J connectivity index is 2.51. The molecule has 0 heterocycles. The van der Waals surface area contributed by atoms with Crippen LogP contribution in [0.5, 0.6) is 0 Å². The van der Waals surface area contributed by atoms with Gasteiger partial charge in [0.1, 0.15) is 12.3 Å². The largest absolute Gasteiger partial charge is 0.469 e. The fourth-order valence-corrected chi connectivity index (χ4v) is 3.89. The Labute approximate surface area is 167 Å². The normalized spacial score (nSPS) is 28.1. The van der Waals surface area contributed by atoms with Crippen LogP contribution in [0.25, 0.3) is 0 Å². The standard InChI is InChI=1S/C21H34ClFO4/c1-3-4-10-18(23)19(24)13-12-16-15(17(22)14-20(16)25)9-7-5-6-8-11-21(26)27-2/h5,7,12-13,15-20,24-25H,3-4,6,8-11,14H2,1-2H3/b7-5-,13-12+/t15-,16-,17-,18?,19-,20-/m1/s1. The quantitative estimate of drug-likeness (QED) is 0.220. The van der Waals surface area contributed by atoms with Crippen molar-refractivity contribution >= 4 is 17.6 Å². The summed E-state index contributed by atoms with van der Waals surface area (Å²) in [6, 6.07) is 0. The summed E-state index contributed by atoms with van der Waals surface area (Å²) >= 11 is 6.39. The molecule has 1 fully saturated rings. The maximum Gasteiger partial charge on any atom is 0.305 e. The fourth-order valence-electron chi connectivity index (χ4n) is 3.43. The predicted molar refractivity (Wildman–Crippen MR) is 106 cm³/mol. The Morgan fingerprint density at radius 2 is 2.11 bits per heavy atom. The van der Waals surface area contributed by atoms with E-state index in [4.69, 9.17) is 11.6 Å². The van der Waals surface area contributed by atoms with Crippen molar-refractivity contribution in [3.63, 3.8) is 0 Å². The zero-order valence-electron chi connectivity index (χ0n) is 16.4. The van der Waals surface area contributed by atoms with E-state index in [0.717, 1.165) is 25.7 Å². The summed E-state index contributed by atoms with van der Waals surface area (Å²) in [7, 11) is 1.38. The number of aliphatic hydroxyl groups excluding tert-OH is 2. The molecule has 0 aliphatic heterocycles. The van der Waals surface area contributed by atoms with Crippen molar-refractivity contribution in [3.05, 3.63) is 24.3 Å². The van der Waals surface area contributed by atoms with Crippen LogP contribution in [0.1, 0.15) is 58.3 Å². The Morgan fingerprint density at radius 3 is 2.78 bits per heavy atom. The third kappa shape index (κ3) is 8.75. The van der Waals surface area contributed by atoms with Crippen LogP contribution in [-0.4, -0.2) is 47.0 Å². The second-order valence-electron chi connectivity index (χ2n) is 7.27. The fraction of sp³-hybridized carbons (Fsp3) is 0.762. The lowest BCUT2D eigenvalue weighted by Crippen LogP contribution is -2.22. The summed E-state index contributed by atoms with van der Waals surface area (Å²) in [4.78, 5) is 11.1. The molecule has 6 heteroatoms. The van der Waals surface area contributed by atoms with Gasteiger partial charge in [-0.25, -0.2) is 4.39 Å². The first-order valence-corrected chi connectivity index (χ1v) is 10.4. The van der Waals surface area contributed by atoms with Gasteiger partial charge < -0.3 is 14.9 Å². The highest BCUT2D eigenvalue weighted by Gasteiger charge is 2.39. The van der Waals surface area contributed by atoms with Crippen molar-refractivity contribution in [3.8, 4) is 0 Å². The number of alkyl halides is 2. The first-order valence-electron chi connectivity index (χ1n) is 9.95. The van der Waals surface area contributed by atoms with Crippen molar-refractivity contribution in [1.29, 1.82) is 0 Å². The number of unbranched alkanes of at least 4 members (excludes halogenated alkanes) is 2. The van der Waals surface area contributed by atoms with Crippen molar-refractivity contribution in [2.45, 2.75) is 82.0 Å². The number of hydrogen-bond donors (Lipinski definition) is 2. The molecule has 4 nitrogen and oxygen atoms in total. The highest BCUT2D eigenvalue weighted by molar-refractivity contribution is 6.21. The van der Waals surface area contributed by atoms with Crippen LogP contribution in [0.2, 0.25) is 0 Å². The Kier molecular flexibility index (Phi) is 11.9. The maximum atomic E-state index is 13.9. The highest BCUT2D eigenvalue weighted by atomic mass is 35.5. The van der Waals surface area contributed by atoms with Crippen LogP contribution in [-0.2, 0) is 9.53 Å². The second kappa shape index (κ2) is 13.3. The van der Waals surface area contributed by atoms with Gasteiger partial charge in [0.15, 0.2) is 0 Å². The zero-order chi connectivity index (χ0) is 20.2. The molecular weight excluding hydrogens is 371 g/mol. The monoisotopic (exact) mass is 404 g/mol. The minimum atomic E-state index is -1.28. The summed E-state index contributed by atoms with van der Waals surface area (Å²) in [5, 5.41) is 20.1. The molecule has 1 rings (SSSR count). The van der Waals surface area contributed by atoms with Crippen molar-refractivity contribution < 1.29 is 24.1 Å². The molecule has 0 aromatic carbocycles. The minimum Gasteiger partial charge on any atom is -0.469 e. The van der Waals surface area contributed by atoms with Crippen LogP contribution in [0.4, 0.5) is 4.39 Å².